The zero-order chi connectivity index (χ0) is 28.9. The molecule has 23 heteroatoms. The molecule has 0 radical (unpaired) electrons. The van der Waals surface area contributed by atoms with E-state index in [1.807, 2.05) is 0 Å². The Labute approximate surface area is 184 Å². The second-order valence-corrected chi connectivity index (χ2v) is 7.08. The third-order valence-corrected chi connectivity index (χ3v) is 4.80. The van der Waals surface area contributed by atoms with E-state index in [4.69, 9.17) is 4.55 Å². The van der Waals surface area contributed by atoms with Crippen LogP contribution in [0, 0.1) is 0 Å². The van der Waals surface area contributed by atoms with Gasteiger partial charge in [-0.05, 0) is 0 Å². The first-order chi connectivity index (χ1) is 15.1. The summed E-state index contributed by atoms with van der Waals surface area (Å²) in [5, 5.41) is 0. The van der Waals surface area contributed by atoms with E-state index in [-0.39, 0.29) is 0 Å². The molecule has 212 valence electrons. The molecule has 0 aliphatic rings. The molecule has 0 bridgehead atoms. The summed E-state index contributed by atoms with van der Waals surface area (Å²) >= 11 is -4.61. The molecule has 0 saturated carbocycles. The van der Waals surface area contributed by atoms with Crippen LogP contribution < -0.4 is 0 Å². The zero-order valence-electron chi connectivity index (χ0n) is 16.2. The Bertz CT molecular complexity index is 767. The quantitative estimate of drug-likeness (QED) is 0.151. The second-order valence-electron chi connectivity index (χ2n) is 6.18. The minimum absolute atomic E-state index is 0.509. The average Bonchev–Trinajstić information content (AvgIpc) is 2.66. The summed E-state index contributed by atoms with van der Waals surface area (Å²) in [6, 6.07) is -7.22. The Morgan fingerprint density at radius 3 is 1.17 bits per heavy atom. The fourth-order valence-electron chi connectivity index (χ4n) is 1.97. The summed E-state index contributed by atoms with van der Waals surface area (Å²) in [4.78, 5) is 0. The van der Waals surface area contributed by atoms with Gasteiger partial charge in [-0.25, -0.2) is 4.21 Å². The van der Waals surface area contributed by atoms with Gasteiger partial charge in [0.05, 0.1) is 6.54 Å². The normalized spacial score (nSPS) is 16.9. The number of alkyl halides is 17. The molecule has 1 N–H and O–H groups in total. The monoisotopic (exact) mass is 587 g/mol. The fraction of sp³-hybridized carbons (Fsp3) is 1.00. The van der Waals surface area contributed by atoms with E-state index >= 15 is 0 Å². The summed E-state index contributed by atoms with van der Waals surface area (Å²) in [7, 11) is 1.02. The van der Waals surface area contributed by atoms with Crippen molar-refractivity contribution in [2.24, 2.45) is 0 Å². The smallest absolute Gasteiger partial charge is 0.354 e. The van der Waals surface area contributed by atoms with Gasteiger partial charge in [0.2, 0.25) is 11.3 Å². The molecule has 1 unspecified atom stereocenters. The summed E-state index contributed by atoms with van der Waals surface area (Å²) in [6.07, 6.45) is -10.2. The highest BCUT2D eigenvalue weighted by atomic mass is 32.2. The third kappa shape index (κ3) is 4.89. The van der Waals surface area contributed by atoms with Crippen LogP contribution in [0.3, 0.4) is 0 Å². The van der Waals surface area contributed by atoms with Gasteiger partial charge in [-0.15, -0.1) is 4.31 Å². The van der Waals surface area contributed by atoms with Crippen molar-refractivity contribution in [1.29, 1.82) is 0 Å². The maximum absolute atomic E-state index is 14.0. The van der Waals surface area contributed by atoms with E-state index in [1.54, 1.807) is 0 Å². The number of hydrogen-bond acceptors (Lipinski definition) is 3. The zero-order valence-corrected chi connectivity index (χ0v) is 17.1. The maximum atomic E-state index is 14.0. The van der Waals surface area contributed by atoms with Crippen LogP contribution in [-0.2, 0) is 20.7 Å². The Balaban J connectivity index is 6.91. The van der Waals surface area contributed by atoms with Crippen LogP contribution in [0.2, 0.25) is 0 Å². The molecule has 0 heterocycles. The van der Waals surface area contributed by atoms with Crippen LogP contribution >= 0.6 is 0 Å². The summed E-state index contributed by atoms with van der Waals surface area (Å²) in [5.41, 5.74) is 0. The predicted octanol–water partition coefficient (Wildman–Crippen LogP) is 5.01. The average molecular weight is 587 g/mol. The van der Waals surface area contributed by atoms with Crippen LogP contribution in [0.4, 0.5) is 74.6 Å². The highest BCUT2D eigenvalue weighted by Crippen LogP contribution is 2.64. The summed E-state index contributed by atoms with van der Waals surface area (Å²) < 4.78 is 251. The van der Waals surface area contributed by atoms with E-state index in [0.717, 1.165) is 0 Å². The van der Waals surface area contributed by atoms with Crippen molar-refractivity contribution in [2.75, 3.05) is 20.8 Å². The third-order valence-electron chi connectivity index (χ3n) is 4.05. The number of ether oxygens (including phenoxy) is 2. The van der Waals surface area contributed by atoms with Gasteiger partial charge in [-0.3, -0.25) is 4.55 Å². The van der Waals surface area contributed by atoms with Crippen molar-refractivity contribution in [3.05, 3.63) is 0 Å². The van der Waals surface area contributed by atoms with Gasteiger partial charge in [-0.1, -0.05) is 0 Å². The molecule has 0 aliphatic heterocycles. The summed E-state index contributed by atoms with van der Waals surface area (Å²) in [5.74, 6) is -51.3. The first-order valence-corrected chi connectivity index (χ1v) is 8.79. The lowest BCUT2D eigenvalue weighted by atomic mass is 9.90. The number of methoxy groups -OCH3 is 2. The second kappa shape index (κ2) is 9.59. The van der Waals surface area contributed by atoms with Crippen LogP contribution in [0.1, 0.15) is 0 Å². The molecule has 1 atom stereocenters. The van der Waals surface area contributed by atoms with Crippen molar-refractivity contribution >= 4 is 11.3 Å². The summed E-state index contributed by atoms with van der Waals surface area (Å²) in [6.45, 7) is -2.22. The Morgan fingerprint density at radius 1 is 0.629 bits per heavy atom. The fourth-order valence-corrected chi connectivity index (χ4v) is 2.53. The van der Waals surface area contributed by atoms with Crippen molar-refractivity contribution in [1.82, 2.24) is 4.31 Å². The minimum Gasteiger partial charge on any atom is -0.354 e. The molecular weight excluding hydrogens is 577 g/mol. The lowest BCUT2D eigenvalue weighted by Crippen LogP contribution is -2.76. The Kier molecular flexibility index (Phi) is 9.26. The Hall–Kier alpha value is -1.20. The van der Waals surface area contributed by atoms with Gasteiger partial charge in [0.25, 0.3) is 0 Å². The van der Waals surface area contributed by atoms with Crippen molar-refractivity contribution in [3.8, 4) is 0 Å². The number of nitrogens with zero attached hydrogens (tertiary/aromatic N) is 1. The molecular formula is C12H10F17NO4S. The largest absolute Gasteiger partial charge is 0.460 e. The van der Waals surface area contributed by atoms with E-state index in [1.165, 1.54) is 0 Å². The predicted molar refractivity (Wildman–Crippen MR) is 76.0 cm³/mol. The van der Waals surface area contributed by atoms with Crippen molar-refractivity contribution < 1.29 is 92.9 Å². The minimum atomic E-state index is -8.80. The van der Waals surface area contributed by atoms with Crippen molar-refractivity contribution in [2.45, 2.75) is 54.0 Å². The molecule has 0 aromatic heterocycles. The van der Waals surface area contributed by atoms with E-state index < -0.39 is 76.2 Å². The molecule has 5 nitrogen and oxygen atoms in total. The molecule has 0 aliphatic carbocycles. The van der Waals surface area contributed by atoms with Gasteiger partial charge >= 0.3 is 47.8 Å². The van der Waals surface area contributed by atoms with Gasteiger partial charge in [0, 0.05) is 14.2 Å². The van der Waals surface area contributed by atoms with Crippen molar-refractivity contribution in [3.63, 3.8) is 0 Å². The molecule has 0 fully saturated rings. The SMILES string of the molecule is COC(CN(S(=O)O)C(F)(F)C(F)(F)C(F)(F)C(F)(F)C(F)(F)C(F)(F)C(F)(F)C(F)(F)F)OC. The van der Waals surface area contributed by atoms with E-state index in [0.29, 0.717) is 14.2 Å². The molecule has 0 aromatic rings. The molecule has 0 rings (SSSR count). The molecule has 0 amide bonds. The maximum Gasteiger partial charge on any atom is 0.460 e. The van der Waals surface area contributed by atoms with Gasteiger partial charge in [0.1, 0.15) is 0 Å². The van der Waals surface area contributed by atoms with E-state index in [9.17, 15) is 78.8 Å². The molecule has 0 saturated heterocycles. The van der Waals surface area contributed by atoms with Gasteiger partial charge in [0.15, 0.2) is 6.29 Å². The topological polar surface area (TPSA) is 59.0 Å². The first kappa shape index (κ1) is 33.8. The lowest BCUT2D eigenvalue weighted by Gasteiger charge is -2.44. The van der Waals surface area contributed by atoms with Crippen LogP contribution in [-0.4, -0.2) is 87.9 Å². The van der Waals surface area contributed by atoms with Crippen LogP contribution in [0.25, 0.3) is 0 Å². The highest BCUT2D eigenvalue weighted by molar-refractivity contribution is 7.76. The first-order valence-electron chi connectivity index (χ1n) is 7.73. The standard InChI is InChI=1S/C12H10F17NO4S/c1-33-4(34-2)3-30(35(31)32)12(28,29)10(23,24)8(19,20)6(15,16)5(13,14)7(17,18)9(21,22)11(25,26)27/h4H,3H2,1-2H3,(H,31,32). The van der Waals surface area contributed by atoms with E-state index in [2.05, 4.69) is 9.47 Å². The lowest BCUT2D eigenvalue weighted by molar-refractivity contribution is -0.466. The highest BCUT2D eigenvalue weighted by Gasteiger charge is 2.95. The Morgan fingerprint density at radius 2 is 0.914 bits per heavy atom. The molecule has 35 heavy (non-hydrogen) atoms. The number of rotatable bonds is 12. The number of halogens is 17. The molecule has 0 spiro atoms. The van der Waals surface area contributed by atoms with Gasteiger partial charge < -0.3 is 9.47 Å². The number of hydrogen-bond donors (Lipinski definition) is 1. The molecule has 0 aromatic carbocycles. The van der Waals surface area contributed by atoms with Crippen LogP contribution in [0.15, 0.2) is 0 Å². The van der Waals surface area contributed by atoms with Gasteiger partial charge in [-0.2, -0.15) is 74.6 Å². The van der Waals surface area contributed by atoms with Crippen LogP contribution in [0.5, 0.6) is 0 Å².